The Balaban J connectivity index is 2.30. The van der Waals surface area contributed by atoms with Gasteiger partial charge in [0.05, 0.1) is 0 Å². The van der Waals surface area contributed by atoms with E-state index in [0.717, 1.165) is 37.0 Å². The van der Waals surface area contributed by atoms with Crippen molar-refractivity contribution in [3.8, 4) is 0 Å². The van der Waals surface area contributed by atoms with Crippen LogP contribution in [-0.2, 0) is 4.79 Å². The third-order valence-electron chi connectivity index (χ3n) is 3.60. The maximum atomic E-state index is 14.0. The van der Waals surface area contributed by atoms with Crippen LogP contribution in [0, 0.1) is 5.82 Å². The Morgan fingerprint density at radius 1 is 1.43 bits per heavy atom. The second kappa shape index (κ2) is 6.52. The van der Waals surface area contributed by atoms with Crippen LogP contribution >= 0.6 is 11.8 Å². The Hall–Kier alpha value is -1.49. The molecule has 0 saturated carbocycles. The van der Waals surface area contributed by atoms with Gasteiger partial charge >= 0.3 is 5.97 Å². The molecule has 2 rings (SSSR count). The van der Waals surface area contributed by atoms with Crippen LogP contribution in [0.25, 0.3) is 6.08 Å². The minimum Gasteiger partial charge on any atom is -0.478 e. The van der Waals surface area contributed by atoms with Gasteiger partial charge in [0.15, 0.2) is 0 Å². The second-order valence-corrected chi connectivity index (χ2v) is 7.49. The highest BCUT2D eigenvalue weighted by molar-refractivity contribution is 8.00. The molecule has 1 aromatic carbocycles. The lowest BCUT2D eigenvalue weighted by molar-refractivity contribution is -0.131. The van der Waals surface area contributed by atoms with Crippen LogP contribution in [0.5, 0.6) is 0 Å². The average Bonchev–Trinajstić information content (AvgIpc) is 2.58. The second-order valence-electron chi connectivity index (χ2n) is 5.69. The first-order valence-corrected chi connectivity index (χ1v) is 7.96. The zero-order chi connectivity index (χ0) is 15.5. The predicted octanol–water partition coefficient (Wildman–Crippen LogP) is 3.65. The molecule has 5 heteroatoms. The van der Waals surface area contributed by atoms with Gasteiger partial charge in [-0.2, -0.15) is 11.8 Å². The number of aliphatic carboxylic acids is 1. The summed E-state index contributed by atoms with van der Waals surface area (Å²) < 4.78 is 14.3. The van der Waals surface area contributed by atoms with Gasteiger partial charge < -0.3 is 10.0 Å². The Labute approximate surface area is 128 Å². The Morgan fingerprint density at radius 3 is 2.90 bits per heavy atom. The molecule has 1 aromatic rings. The summed E-state index contributed by atoms with van der Waals surface area (Å²) in [7, 11) is 0. The van der Waals surface area contributed by atoms with Crippen LogP contribution in [0.4, 0.5) is 10.1 Å². The third-order valence-corrected chi connectivity index (χ3v) is 4.97. The topological polar surface area (TPSA) is 40.5 Å². The zero-order valence-corrected chi connectivity index (χ0v) is 13.1. The zero-order valence-electron chi connectivity index (χ0n) is 12.3. The standard InChI is InChI=1S/C16H20FNO2S/c1-16(2)8-9-18(10-11-21-16)14-5-3-4-13(17)12(14)6-7-15(19)20/h3-7H,8-11H2,1-2H3,(H,19,20)/b7-6+. The van der Waals surface area contributed by atoms with E-state index in [4.69, 9.17) is 5.11 Å². The van der Waals surface area contributed by atoms with Crippen molar-refractivity contribution in [2.75, 3.05) is 23.7 Å². The fraction of sp³-hybridized carbons (Fsp3) is 0.438. The molecule has 1 N–H and O–H groups in total. The van der Waals surface area contributed by atoms with Crippen molar-refractivity contribution in [3.63, 3.8) is 0 Å². The lowest BCUT2D eigenvalue weighted by atomic mass is 10.1. The summed E-state index contributed by atoms with van der Waals surface area (Å²) in [5.41, 5.74) is 1.12. The van der Waals surface area contributed by atoms with E-state index < -0.39 is 5.97 Å². The summed E-state index contributed by atoms with van der Waals surface area (Å²) in [6.07, 6.45) is 3.34. The molecule has 0 aromatic heterocycles. The molecule has 114 valence electrons. The highest BCUT2D eigenvalue weighted by Gasteiger charge is 2.24. The molecular weight excluding hydrogens is 289 g/mol. The molecule has 1 saturated heterocycles. The minimum atomic E-state index is -1.07. The molecule has 0 aliphatic carbocycles. The van der Waals surface area contributed by atoms with Gasteiger partial charge in [0.1, 0.15) is 5.82 Å². The Bertz CT molecular complexity index is 557. The van der Waals surface area contributed by atoms with Crippen LogP contribution in [0.15, 0.2) is 24.3 Å². The number of anilines is 1. The van der Waals surface area contributed by atoms with Gasteiger partial charge in [-0.1, -0.05) is 19.9 Å². The number of benzene rings is 1. The molecule has 0 atom stereocenters. The quantitative estimate of drug-likeness (QED) is 0.865. The average molecular weight is 309 g/mol. The molecule has 0 unspecified atom stereocenters. The number of nitrogens with zero attached hydrogens (tertiary/aromatic N) is 1. The van der Waals surface area contributed by atoms with Gasteiger partial charge in [-0.25, -0.2) is 9.18 Å². The molecule has 1 aliphatic heterocycles. The van der Waals surface area contributed by atoms with Crippen molar-refractivity contribution in [2.45, 2.75) is 25.0 Å². The molecule has 21 heavy (non-hydrogen) atoms. The number of rotatable bonds is 3. The third kappa shape index (κ3) is 4.24. The Kier molecular flexibility index (Phi) is 4.93. The van der Waals surface area contributed by atoms with Gasteiger partial charge in [-0.05, 0) is 24.6 Å². The van der Waals surface area contributed by atoms with E-state index in [1.54, 1.807) is 6.07 Å². The molecule has 1 fully saturated rings. The van der Waals surface area contributed by atoms with E-state index in [0.29, 0.717) is 5.56 Å². The van der Waals surface area contributed by atoms with E-state index in [2.05, 4.69) is 18.7 Å². The van der Waals surface area contributed by atoms with Crippen molar-refractivity contribution < 1.29 is 14.3 Å². The van der Waals surface area contributed by atoms with Crippen LogP contribution in [-0.4, -0.2) is 34.7 Å². The number of hydrogen-bond acceptors (Lipinski definition) is 3. The van der Waals surface area contributed by atoms with Crippen molar-refractivity contribution in [1.82, 2.24) is 0 Å². The largest absolute Gasteiger partial charge is 0.478 e. The summed E-state index contributed by atoms with van der Waals surface area (Å²) >= 11 is 1.92. The molecule has 0 spiro atoms. The number of halogens is 1. The molecular formula is C16H20FNO2S. The molecule has 3 nitrogen and oxygen atoms in total. The lowest BCUT2D eigenvalue weighted by Crippen LogP contribution is -2.27. The highest BCUT2D eigenvalue weighted by atomic mass is 32.2. The maximum Gasteiger partial charge on any atom is 0.328 e. The van der Waals surface area contributed by atoms with Gasteiger partial charge in [-0.3, -0.25) is 0 Å². The normalized spacial score (nSPS) is 18.7. The first kappa shape index (κ1) is 15.9. The van der Waals surface area contributed by atoms with E-state index >= 15 is 0 Å². The Morgan fingerprint density at radius 2 is 2.19 bits per heavy atom. The van der Waals surface area contributed by atoms with E-state index in [9.17, 15) is 9.18 Å². The molecule has 1 aliphatic rings. The number of carboxylic acid groups (broad SMARTS) is 1. The van der Waals surface area contributed by atoms with Gasteiger partial charge in [0, 0.05) is 40.9 Å². The van der Waals surface area contributed by atoms with Crippen molar-refractivity contribution in [1.29, 1.82) is 0 Å². The first-order chi connectivity index (χ1) is 9.89. The molecule has 0 bridgehead atoms. The molecule has 1 heterocycles. The summed E-state index contributed by atoms with van der Waals surface area (Å²) in [5.74, 6) is -0.482. The summed E-state index contributed by atoms with van der Waals surface area (Å²) in [5, 5.41) is 8.75. The van der Waals surface area contributed by atoms with E-state index in [1.807, 2.05) is 17.8 Å². The smallest absolute Gasteiger partial charge is 0.328 e. The number of carboxylic acids is 1. The fourth-order valence-electron chi connectivity index (χ4n) is 2.38. The van der Waals surface area contributed by atoms with Crippen LogP contribution in [0.3, 0.4) is 0 Å². The fourth-order valence-corrected chi connectivity index (χ4v) is 3.48. The molecule has 0 radical (unpaired) electrons. The number of carbonyl (C=O) groups is 1. The monoisotopic (exact) mass is 309 g/mol. The maximum absolute atomic E-state index is 14.0. The highest BCUT2D eigenvalue weighted by Crippen LogP contribution is 2.34. The van der Waals surface area contributed by atoms with Gasteiger partial charge in [0.2, 0.25) is 0 Å². The SMILES string of the molecule is CC1(C)CCN(c2cccc(F)c2/C=C/C(=O)O)CCS1. The van der Waals surface area contributed by atoms with Crippen LogP contribution in [0.2, 0.25) is 0 Å². The van der Waals surface area contributed by atoms with Crippen molar-refractivity contribution in [3.05, 3.63) is 35.7 Å². The summed E-state index contributed by atoms with van der Waals surface area (Å²) in [6, 6.07) is 4.89. The predicted molar refractivity (Wildman–Crippen MR) is 86.4 cm³/mol. The van der Waals surface area contributed by atoms with Crippen LogP contribution in [0.1, 0.15) is 25.8 Å². The lowest BCUT2D eigenvalue weighted by Gasteiger charge is -2.26. The van der Waals surface area contributed by atoms with Gasteiger partial charge in [-0.15, -0.1) is 0 Å². The van der Waals surface area contributed by atoms with Gasteiger partial charge in [0.25, 0.3) is 0 Å². The number of thioether (sulfide) groups is 1. The summed E-state index contributed by atoms with van der Waals surface area (Å²) in [4.78, 5) is 12.8. The minimum absolute atomic E-state index is 0.221. The van der Waals surface area contributed by atoms with E-state index in [1.165, 1.54) is 12.1 Å². The van der Waals surface area contributed by atoms with Crippen molar-refractivity contribution in [2.24, 2.45) is 0 Å². The molecule has 0 amide bonds. The van der Waals surface area contributed by atoms with Crippen LogP contribution < -0.4 is 4.90 Å². The summed E-state index contributed by atoms with van der Waals surface area (Å²) in [6.45, 7) is 6.12. The van der Waals surface area contributed by atoms with Crippen molar-refractivity contribution >= 4 is 29.5 Å². The first-order valence-electron chi connectivity index (χ1n) is 6.97. The number of hydrogen-bond donors (Lipinski definition) is 1. The van der Waals surface area contributed by atoms with E-state index in [-0.39, 0.29) is 10.6 Å².